The molecule has 0 aliphatic rings. The molecule has 0 unspecified atom stereocenters. The van der Waals surface area contributed by atoms with E-state index in [0.717, 1.165) is 22.2 Å². The molecular formula is C19H19N3O2. The molecule has 0 saturated heterocycles. The second-order valence-corrected chi connectivity index (χ2v) is 5.91. The molecule has 0 spiro atoms. The average Bonchev–Trinajstić information content (AvgIpc) is 2.56. The maximum atomic E-state index is 12.5. The van der Waals surface area contributed by atoms with Crippen molar-refractivity contribution in [1.29, 1.82) is 0 Å². The monoisotopic (exact) mass is 321 g/mol. The number of carbonyl (C=O) groups excluding carboxylic acids is 1. The summed E-state index contributed by atoms with van der Waals surface area (Å²) in [6.07, 6.45) is 0.113. The van der Waals surface area contributed by atoms with Crippen LogP contribution in [0.1, 0.15) is 16.8 Å². The lowest BCUT2D eigenvalue weighted by Gasteiger charge is -2.12. The standard InChI is InChI=1S/C19H19N3O2/c1-12-7-6-8-13(2)18(12)20-17(23)11-16-14-9-4-5-10-15(14)19(24)22(3)21-16/h4-10H,11H2,1-3H3,(H,20,23). The fourth-order valence-corrected chi connectivity index (χ4v) is 2.85. The molecule has 1 aromatic heterocycles. The van der Waals surface area contributed by atoms with Gasteiger partial charge in [0.2, 0.25) is 5.91 Å². The highest BCUT2D eigenvalue weighted by atomic mass is 16.1. The fourth-order valence-electron chi connectivity index (χ4n) is 2.85. The molecule has 5 heteroatoms. The van der Waals surface area contributed by atoms with Crippen LogP contribution in [0.3, 0.4) is 0 Å². The Morgan fingerprint density at radius 2 is 1.67 bits per heavy atom. The van der Waals surface area contributed by atoms with Gasteiger partial charge in [-0.1, -0.05) is 36.4 Å². The number of rotatable bonds is 3. The number of para-hydroxylation sites is 1. The van der Waals surface area contributed by atoms with E-state index in [4.69, 9.17) is 0 Å². The van der Waals surface area contributed by atoms with Gasteiger partial charge in [-0.25, -0.2) is 4.68 Å². The van der Waals surface area contributed by atoms with Crippen molar-refractivity contribution in [3.8, 4) is 0 Å². The third-order valence-corrected chi connectivity index (χ3v) is 4.11. The highest BCUT2D eigenvalue weighted by molar-refractivity contribution is 5.96. The maximum absolute atomic E-state index is 12.5. The average molecular weight is 321 g/mol. The molecule has 0 fully saturated rings. The van der Waals surface area contributed by atoms with Gasteiger partial charge in [-0.15, -0.1) is 0 Å². The lowest BCUT2D eigenvalue weighted by Crippen LogP contribution is -2.24. The summed E-state index contributed by atoms with van der Waals surface area (Å²) in [4.78, 5) is 24.6. The van der Waals surface area contributed by atoms with Crippen molar-refractivity contribution in [2.45, 2.75) is 20.3 Å². The van der Waals surface area contributed by atoms with Crippen molar-refractivity contribution < 1.29 is 4.79 Å². The molecule has 0 bridgehead atoms. The third kappa shape index (κ3) is 2.93. The molecule has 1 heterocycles. The van der Waals surface area contributed by atoms with E-state index in [-0.39, 0.29) is 17.9 Å². The molecule has 0 saturated carbocycles. The Morgan fingerprint density at radius 3 is 2.33 bits per heavy atom. The van der Waals surface area contributed by atoms with Crippen molar-refractivity contribution in [3.63, 3.8) is 0 Å². The summed E-state index contributed by atoms with van der Waals surface area (Å²) in [7, 11) is 1.60. The van der Waals surface area contributed by atoms with Gasteiger partial charge in [0.25, 0.3) is 5.56 Å². The van der Waals surface area contributed by atoms with Crippen LogP contribution in [0.25, 0.3) is 10.8 Å². The number of benzene rings is 2. The first-order valence-electron chi connectivity index (χ1n) is 7.78. The number of hydrogen-bond acceptors (Lipinski definition) is 3. The Kier molecular flexibility index (Phi) is 4.16. The van der Waals surface area contributed by atoms with Gasteiger partial charge in [-0.3, -0.25) is 9.59 Å². The van der Waals surface area contributed by atoms with Crippen molar-refractivity contribution in [2.24, 2.45) is 7.05 Å². The van der Waals surface area contributed by atoms with Crippen LogP contribution in [-0.2, 0) is 18.3 Å². The molecule has 1 amide bonds. The summed E-state index contributed by atoms with van der Waals surface area (Å²) in [5, 5.41) is 8.52. The molecule has 3 aromatic rings. The van der Waals surface area contributed by atoms with Crippen LogP contribution < -0.4 is 10.9 Å². The second-order valence-electron chi connectivity index (χ2n) is 5.91. The molecule has 5 nitrogen and oxygen atoms in total. The normalized spacial score (nSPS) is 10.8. The first kappa shape index (κ1) is 15.9. The van der Waals surface area contributed by atoms with Crippen LogP contribution in [0.5, 0.6) is 0 Å². The van der Waals surface area contributed by atoms with Crippen molar-refractivity contribution in [3.05, 3.63) is 69.6 Å². The fraction of sp³-hybridized carbons (Fsp3) is 0.211. The maximum Gasteiger partial charge on any atom is 0.274 e. The molecule has 122 valence electrons. The number of carbonyl (C=O) groups is 1. The van der Waals surface area contributed by atoms with E-state index in [1.54, 1.807) is 13.1 Å². The Hall–Kier alpha value is -2.95. The largest absolute Gasteiger partial charge is 0.325 e. The van der Waals surface area contributed by atoms with E-state index in [2.05, 4.69) is 10.4 Å². The predicted molar refractivity (Wildman–Crippen MR) is 95.2 cm³/mol. The topological polar surface area (TPSA) is 64.0 Å². The van der Waals surface area contributed by atoms with E-state index >= 15 is 0 Å². The Bertz CT molecular complexity index is 969. The molecule has 0 aliphatic carbocycles. The minimum absolute atomic E-state index is 0.113. The number of nitrogens with one attached hydrogen (secondary N) is 1. The number of aromatic nitrogens is 2. The van der Waals surface area contributed by atoms with Gasteiger partial charge < -0.3 is 5.32 Å². The zero-order chi connectivity index (χ0) is 17.3. The van der Waals surface area contributed by atoms with Crippen LogP contribution in [0.2, 0.25) is 0 Å². The van der Waals surface area contributed by atoms with E-state index in [9.17, 15) is 9.59 Å². The summed E-state index contributed by atoms with van der Waals surface area (Å²) >= 11 is 0. The zero-order valence-electron chi connectivity index (χ0n) is 14.0. The number of hydrogen-bond donors (Lipinski definition) is 1. The number of amides is 1. The first-order chi connectivity index (χ1) is 11.5. The zero-order valence-corrected chi connectivity index (χ0v) is 14.0. The van der Waals surface area contributed by atoms with Gasteiger partial charge in [-0.05, 0) is 31.0 Å². The number of anilines is 1. The summed E-state index contributed by atoms with van der Waals surface area (Å²) < 4.78 is 1.28. The van der Waals surface area contributed by atoms with Gasteiger partial charge in [0.05, 0.1) is 17.5 Å². The van der Waals surface area contributed by atoms with Crippen molar-refractivity contribution in [1.82, 2.24) is 9.78 Å². The summed E-state index contributed by atoms with van der Waals surface area (Å²) in [5.74, 6) is -0.149. The first-order valence-corrected chi connectivity index (χ1v) is 7.78. The molecule has 0 atom stereocenters. The summed E-state index contributed by atoms with van der Waals surface area (Å²) in [6, 6.07) is 13.1. The van der Waals surface area contributed by atoms with Crippen LogP contribution in [0.15, 0.2) is 47.3 Å². The highest BCUT2D eigenvalue weighted by Gasteiger charge is 2.13. The SMILES string of the molecule is Cc1cccc(C)c1NC(=O)Cc1nn(C)c(=O)c2ccccc12. The van der Waals surface area contributed by atoms with Gasteiger partial charge >= 0.3 is 0 Å². The van der Waals surface area contributed by atoms with E-state index < -0.39 is 0 Å². The van der Waals surface area contributed by atoms with Gasteiger partial charge in [0.1, 0.15) is 0 Å². The van der Waals surface area contributed by atoms with Crippen LogP contribution in [0.4, 0.5) is 5.69 Å². The molecule has 0 aliphatic heterocycles. The Morgan fingerprint density at radius 1 is 1.04 bits per heavy atom. The lowest BCUT2D eigenvalue weighted by atomic mass is 10.1. The molecular weight excluding hydrogens is 302 g/mol. The smallest absolute Gasteiger partial charge is 0.274 e. The molecule has 24 heavy (non-hydrogen) atoms. The van der Waals surface area contributed by atoms with Crippen LogP contribution in [-0.4, -0.2) is 15.7 Å². The van der Waals surface area contributed by atoms with Crippen molar-refractivity contribution >= 4 is 22.4 Å². The predicted octanol–water partition coefficient (Wildman–Crippen LogP) is 2.73. The molecule has 0 radical (unpaired) electrons. The quantitative estimate of drug-likeness (QED) is 0.807. The molecule has 1 N–H and O–H groups in total. The number of aryl methyl sites for hydroxylation is 3. The minimum atomic E-state index is -0.162. The molecule has 3 rings (SSSR count). The Labute approximate surface area is 139 Å². The summed E-state index contributed by atoms with van der Waals surface area (Å²) in [5.41, 5.74) is 3.29. The Balaban J connectivity index is 1.94. The minimum Gasteiger partial charge on any atom is -0.325 e. The highest BCUT2D eigenvalue weighted by Crippen LogP contribution is 2.20. The van der Waals surface area contributed by atoms with E-state index in [1.165, 1.54) is 4.68 Å². The molecule has 2 aromatic carbocycles. The number of fused-ring (bicyclic) bond motifs is 1. The lowest BCUT2D eigenvalue weighted by molar-refractivity contribution is -0.115. The van der Waals surface area contributed by atoms with Crippen LogP contribution >= 0.6 is 0 Å². The van der Waals surface area contributed by atoms with E-state index in [0.29, 0.717) is 11.1 Å². The van der Waals surface area contributed by atoms with Crippen LogP contribution in [0, 0.1) is 13.8 Å². The van der Waals surface area contributed by atoms with Crippen molar-refractivity contribution in [2.75, 3.05) is 5.32 Å². The third-order valence-electron chi connectivity index (χ3n) is 4.11. The van der Waals surface area contributed by atoms with Gasteiger partial charge in [-0.2, -0.15) is 5.10 Å². The number of nitrogens with zero attached hydrogens (tertiary/aromatic N) is 2. The summed E-state index contributed by atoms with van der Waals surface area (Å²) in [6.45, 7) is 3.92. The van der Waals surface area contributed by atoms with Gasteiger partial charge in [0.15, 0.2) is 0 Å². The second kappa shape index (κ2) is 6.28. The van der Waals surface area contributed by atoms with Gasteiger partial charge in [0, 0.05) is 18.1 Å². The van der Waals surface area contributed by atoms with E-state index in [1.807, 2.05) is 50.2 Å².